The molecular weight excluding hydrogens is 324 g/mol. The van der Waals surface area contributed by atoms with Crippen molar-refractivity contribution in [2.24, 2.45) is 0 Å². The summed E-state index contributed by atoms with van der Waals surface area (Å²) in [6, 6.07) is 2.02. The lowest BCUT2D eigenvalue weighted by atomic mass is 10.1. The van der Waals surface area contributed by atoms with Crippen molar-refractivity contribution in [2.45, 2.75) is 0 Å². The monoisotopic (exact) mass is 331 g/mol. The van der Waals surface area contributed by atoms with Crippen LogP contribution in [0.4, 0.5) is 16.0 Å². The summed E-state index contributed by atoms with van der Waals surface area (Å²) < 4.78 is 18.7. The lowest BCUT2D eigenvalue weighted by Crippen LogP contribution is -2.05. The van der Waals surface area contributed by atoms with E-state index in [0.717, 1.165) is 12.1 Å². The Morgan fingerprint density at radius 1 is 1.43 bits per heavy atom. The highest BCUT2D eigenvalue weighted by Crippen LogP contribution is 2.30. The maximum atomic E-state index is 13.7. The average Bonchev–Trinajstić information content (AvgIpc) is 2.43. The topological polar surface area (TPSA) is 84.3 Å². The van der Waals surface area contributed by atoms with Crippen LogP contribution < -0.4 is 10.1 Å². The molecule has 1 heterocycles. The van der Waals surface area contributed by atoms with Crippen molar-refractivity contribution in [1.82, 2.24) is 9.97 Å². The highest BCUT2D eigenvalue weighted by atomic mass is 35.5. The Labute approximate surface area is 128 Å². The van der Waals surface area contributed by atoms with Crippen molar-refractivity contribution in [1.29, 1.82) is 0 Å². The summed E-state index contributed by atoms with van der Waals surface area (Å²) in [7, 11) is 1.32. The summed E-state index contributed by atoms with van der Waals surface area (Å²) in [4.78, 5) is 18.6. The van der Waals surface area contributed by atoms with E-state index in [1.54, 1.807) is 0 Å². The van der Waals surface area contributed by atoms with Gasteiger partial charge < -0.3 is 15.2 Å². The highest BCUT2D eigenvalue weighted by molar-refractivity contribution is 6.41. The van der Waals surface area contributed by atoms with Crippen LogP contribution in [0.1, 0.15) is 10.4 Å². The molecule has 2 aromatic rings. The third-order valence-electron chi connectivity index (χ3n) is 2.47. The van der Waals surface area contributed by atoms with Gasteiger partial charge in [-0.2, -0.15) is 4.98 Å². The van der Waals surface area contributed by atoms with Gasteiger partial charge in [-0.15, -0.1) is 0 Å². The molecule has 110 valence electrons. The van der Waals surface area contributed by atoms with Crippen LogP contribution >= 0.6 is 23.2 Å². The first-order chi connectivity index (χ1) is 9.92. The molecule has 1 aromatic carbocycles. The van der Waals surface area contributed by atoms with Gasteiger partial charge >= 0.3 is 5.97 Å². The standard InChI is InChI=1S/C12H8Cl2FN3O3/c1-21-9-2-5(11(19)20)7(15)3-8(9)17-12-16-4-6(13)10(14)18-12/h2-4H,1H3,(H,19,20)(H,16,17,18). The minimum atomic E-state index is -1.40. The maximum Gasteiger partial charge on any atom is 0.338 e. The molecule has 0 fully saturated rings. The smallest absolute Gasteiger partial charge is 0.338 e. The number of nitrogens with one attached hydrogen (secondary N) is 1. The van der Waals surface area contributed by atoms with Crippen molar-refractivity contribution < 1.29 is 19.0 Å². The van der Waals surface area contributed by atoms with E-state index in [1.807, 2.05) is 0 Å². The van der Waals surface area contributed by atoms with E-state index in [2.05, 4.69) is 15.3 Å². The van der Waals surface area contributed by atoms with Gasteiger partial charge in [-0.3, -0.25) is 0 Å². The number of ether oxygens (including phenoxy) is 1. The number of benzene rings is 1. The number of carboxylic acids is 1. The SMILES string of the molecule is COc1cc(C(=O)O)c(F)cc1Nc1ncc(Cl)c(Cl)n1. The number of aromatic carboxylic acids is 1. The minimum absolute atomic E-state index is 0.0239. The molecule has 0 aliphatic rings. The number of aromatic nitrogens is 2. The van der Waals surface area contributed by atoms with Crippen molar-refractivity contribution in [3.05, 3.63) is 39.9 Å². The zero-order valence-corrected chi connectivity index (χ0v) is 12.0. The van der Waals surface area contributed by atoms with E-state index >= 15 is 0 Å². The number of hydrogen-bond acceptors (Lipinski definition) is 5. The molecule has 9 heteroatoms. The van der Waals surface area contributed by atoms with Gasteiger partial charge in [0.25, 0.3) is 0 Å². The number of rotatable bonds is 4. The molecule has 2 rings (SSSR count). The Balaban J connectivity index is 2.41. The van der Waals surface area contributed by atoms with E-state index in [4.69, 9.17) is 33.0 Å². The first-order valence-electron chi connectivity index (χ1n) is 5.48. The molecule has 0 saturated heterocycles. The molecule has 0 saturated carbocycles. The second-order valence-electron chi connectivity index (χ2n) is 3.79. The van der Waals surface area contributed by atoms with E-state index in [9.17, 15) is 9.18 Å². The van der Waals surface area contributed by atoms with E-state index in [-0.39, 0.29) is 27.6 Å². The number of methoxy groups -OCH3 is 1. The molecule has 21 heavy (non-hydrogen) atoms. The first-order valence-corrected chi connectivity index (χ1v) is 6.24. The van der Waals surface area contributed by atoms with Crippen molar-refractivity contribution >= 4 is 40.8 Å². The van der Waals surface area contributed by atoms with Crippen LogP contribution in [0.2, 0.25) is 10.2 Å². The quantitative estimate of drug-likeness (QED) is 0.835. The number of carbonyl (C=O) groups is 1. The Morgan fingerprint density at radius 3 is 2.71 bits per heavy atom. The highest BCUT2D eigenvalue weighted by Gasteiger charge is 2.16. The van der Waals surface area contributed by atoms with Gasteiger partial charge in [0.05, 0.1) is 29.6 Å². The third kappa shape index (κ3) is 3.32. The number of nitrogens with zero attached hydrogens (tertiary/aromatic N) is 2. The van der Waals surface area contributed by atoms with E-state index < -0.39 is 17.3 Å². The van der Waals surface area contributed by atoms with Gasteiger partial charge in [0, 0.05) is 6.07 Å². The zero-order valence-electron chi connectivity index (χ0n) is 10.5. The largest absolute Gasteiger partial charge is 0.495 e. The van der Waals surface area contributed by atoms with Crippen molar-refractivity contribution in [3.8, 4) is 5.75 Å². The van der Waals surface area contributed by atoms with Gasteiger partial charge in [-0.25, -0.2) is 14.2 Å². The number of halogens is 3. The van der Waals surface area contributed by atoms with Gasteiger partial charge in [-0.1, -0.05) is 23.2 Å². The molecule has 6 nitrogen and oxygen atoms in total. The van der Waals surface area contributed by atoms with Crippen LogP contribution in [0, 0.1) is 5.82 Å². The van der Waals surface area contributed by atoms with Crippen LogP contribution in [0.25, 0.3) is 0 Å². The van der Waals surface area contributed by atoms with E-state index in [1.165, 1.54) is 13.3 Å². The zero-order chi connectivity index (χ0) is 15.6. The summed E-state index contributed by atoms with van der Waals surface area (Å²) in [5.41, 5.74) is -0.356. The van der Waals surface area contributed by atoms with Crippen LogP contribution in [-0.2, 0) is 0 Å². The van der Waals surface area contributed by atoms with Crippen LogP contribution in [0.3, 0.4) is 0 Å². The summed E-state index contributed by atoms with van der Waals surface area (Å²) >= 11 is 11.4. The fourth-order valence-corrected chi connectivity index (χ4v) is 1.73. The molecule has 0 amide bonds. The molecule has 0 spiro atoms. The van der Waals surface area contributed by atoms with Gasteiger partial charge in [0.1, 0.15) is 11.6 Å². The molecule has 0 unspecified atom stereocenters. The number of anilines is 2. The predicted octanol–water partition coefficient (Wildman–Crippen LogP) is 3.37. The molecule has 0 aliphatic carbocycles. The lowest BCUT2D eigenvalue weighted by Gasteiger charge is -2.11. The molecule has 0 atom stereocenters. The van der Waals surface area contributed by atoms with Gasteiger partial charge in [-0.05, 0) is 6.07 Å². The van der Waals surface area contributed by atoms with Crippen LogP contribution in [-0.4, -0.2) is 28.2 Å². The minimum Gasteiger partial charge on any atom is -0.495 e. The molecule has 1 aromatic heterocycles. The third-order valence-corrected chi connectivity index (χ3v) is 3.13. The molecule has 0 bridgehead atoms. The second-order valence-corrected chi connectivity index (χ2v) is 4.56. The Hall–Kier alpha value is -2.12. The second kappa shape index (κ2) is 6.11. The van der Waals surface area contributed by atoms with Crippen LogP contribution in [0.15, 0.2) is 18.3 Å². The number of carboxylic acid groups (broad SMARTS) is 1. The summed E-state index contributed by atoms with van der Waals surface area (Å²) in [6.07, 6.45) is 1.27. The van der Waals surface area contributed by atoms with Crippen molar-refractivity contribution in [2.75, 3.05) is 12.4 Å². The fourth-order valence-electron chi connectivity index (χ4n) is 1.51. The molecule has 0 radical (unpaired) electrons. The van der Waals surface area contributed by atoms with Gasteiger partial charge in [0.2, 0.25) is 5.95 Å². The fraction of sp³-hybridized carbons (Fsp3) is 0.0833. The summed E-state index contributed by atoms with van der Waals surface area (Å²) in [5.74, 6) is -2.15. The molecular formula is C12H8Cl2FN3O3. The van der Waals surface area contributed by atoms with Gasteiger partial charge in [0.15, 0.2) is 5.15 Å². The lowest BCUT2D eigenvalue weighted by molar-refractivity contribution is 0.0691. The van der Waals surface area contributed by atoms with E-state index in [0.29, 0.717) is 0 Å². The Bertz CT molecular complexity index is 712. The average molecular weight is 332 g/mol. The molecule has 2 N–H and O–H groups in total. The first kappa shape index (κ1) is 15.3. The maximum absolute atomic E-state index is 13.7. The molecule has 0 aliphatic heterocycles. The Kier molecular flexibility index (Phi) is 4.44. The Morgan fingerprint density at radius 2 is 2.14 bits per heavy atom. The number of hydrogen-bond donors (Lipinski definition) is 2. The van der Waals surface area contributed by atoms with Crippen LogP contribution in [0.5, 0.6) is 5.75 Å². The predicted molar refractivity (Wildman–Crippen MR) is 75.2 cm³/mol. The normalized spacial score (nSPS) is 10.3. The summed E-state index contributed by atoms with van der Waals surface area (Å²) in [5, 5.41) is 11.7. The summed E-state index contributed by atoms with van der Waals surface area (Å²) in [6.45, 7) is 0. The van der Waals surface area contributed by atoms with Crippen molar-refractivity contribution in [3.63, 3.8) is 0 Å².